The predicted molar refractivity (Wildman–Crippen MR) is 618 cm³/mol. The van der Waals surface area contributed by atoms with Crippen LogP contribution in [0.4, 0.5) is 0 Å². The first-order valence-electron chi connectivity index (χ1n) is 54.3. The highest BCUT2D eigenvalue weighted by Gasteiger charge is 2.55. The zero-order valence-corrected chi connectivity index (χ0v) is 95.6. The van der Waals surface area contributed by atoms with Crippen LogP contribution in [0.25, 0.3) is 0 Å². The van der Waals surface area contributed by atoms with E-state index in [-0.39, 0.29) is 29.5 Å². The molecule has 0 aliphatic heterocycles. The van der Waals surface area contributed by atoms with Gasteiger partial charge in [-0.3, -0.25) is 5.41 Å². The molecule has 18 rings (SSSR count). The van der Waals surface area contributed by atoms with Crippen molar-refractivity contribution in [3.63, 3.8) is 0 Å². The Morgan fingerprint density at radius 1 is 0.257 bits per heavy atom. The summed E-state index contributed by atoms with van der Waals surface area (Å²) in [5, 5.41) is 14.7. The summed E-state index contributed by atoms with van der Waals surface area (Å²) < 4.78 is 0. The molecule has 8 bridgehead atoms. The van der Waals surface area contributed by atoms with Crippen LogP contribution in [0.15, 0.2) is 170 Å². The van der Waals surface area contributed by atoms with Crippen molar-refractivity contribution in [1.82, 2.24) is 0 Å². The molecule has 12 aliphatic rings. The van der Waals surface area contributed by atoms with Crippen molar-refractivity contribution in [1.29, 1.82) is 10.8 Å². The summed E-state index contributed by atoms with van der Waals surface area (Å²) in [6.45, 7) is 83.1. The van der Waals surface area contributed by atoms with Crippen molar-refractivity contribution in [3.8, 4) is 0 Å². The van der Waals surface area contributed by atoms with Gasteiger partial charge in [-0.25, -0.2) is 0 Å². The van der Waals surface area contributed by atoms with Crippen molar-refractivity contribution in [2.24, 2.45) is 133 Å². The molecule has 6 aromatic carbocycles. The third-order valence-electron chi connectivity index (χ3n) is 33.3. The van der Waals surface area contributed by atoms with Crippen LogP contribution in [0.3, 0.4) is 0 Å². The number of benzene rings is 6. The molecule has 0 unspecified atom stereocenters. The fraction of sp³-hybridized carbons (Fsp3) is 0.674. The van der Waals surface area contributed by atoms with Gasteiger partial charge >= 0.3 is 0 Å². The smallest absolute Gasteiger partial charge is 0.122 e. The van der Waals surface area contributed by atoms with E-state index in [0.717, 1.165) is 75.1 Å². The van der Waals surface area contributed by atoms with E-state index in [2.05, 4.69) is 330 Å². The Morgan fingerprint density at radius 3 is 0.629 bits per heavy atom. The van der Waals surface area contributed by atoms with Crippen LogP contribution >= 0.6 is 0 Å². The minimum atomic E-state index is 0. The van der Waals surface area contributed by atoms with Gasteiger partial charge in [0, 0.05) is 48.6 Å². The van der Waals surface area contributed by atoms with Crippen LogP contribution in [0.1, 0.15) is 456 Å². The van der Waals surface area contributed by atoms with Crippen LogP contribution in [0, 0.1) is 92.0 Å². The van der Waals surface area contributed by atoms with Gasteiger partial charge in [-0.1, -0.05) is 374 Å². The topological polar surface area (TPSA) is 282 Å². The molecule has 12 saturated carbocycles. The monoisotopic (exact) mass is 1920 g/mol. The first-order valence-corrected chi connectivity index (χ1v) is 54.3. The lowest BCUT2D eigenvalue weighted by atomic mass is 9.47. The molecule has 140 heavy (non-hydrogen) atoms. The molecule has 12 fully saturated rings. The van der Waals surface area contributed by atoms with E-state index >= 15 is 0 Å². The average molecular weight is 1920 g/mol. The number of nitrogens with one attached hydrogen (secondary N) is 2. The summed E-state index contributed by atoms with van der Waals surface area (Å²) in [5.74, 6) is 0.132. The van der Waals surface area contributed by atoms with E-state index in [0.29, 0.717) is 106 Å². The third kappa shape index (κ3) is 41.3. The lowest BCUT2D eigenvalue weighted by Gasteiger charge is -2.58. The Balaban J connectivity index is 0.000000325. The average Bonchev–Trinajstić information content (AvgIpc) is 0.741. The minimum Gasteiger partial charge on any atom is -0.402 e. The molecular weight excluding hydrogens is 1700 g/mol. The molecule has 0 saturated heterocycles. The van der Waals surface area contributed by atoms with Gasteiger partial charge in [-0.05, 0) is 378 Å². The van der Waals surface area contributed by atoms with Crippen LogP contribution in [-0.2, 0) is 61.4 Å². The zero-order valence-electron chi connectivity index (χ0n) is 95.6. The second-order valence-corrected chi connectivity index (χ2v) is 56.7. The van der Waals surface area contributed by atoms with Gasteiger partial charge in [-0.2, -0.15) is 0 Å². The number of nitrogen functional groups attached to an aromatic ring is 1. The SMILES string of the molecule is C.C=C(N)Cc1ccc(C(C)(C)C)cc1.C=C(N)Cc1ccc(CC(C)(C)C)cc1.CC(=N)c1ccc(C(C)(C)C)cc1.CC(C)(C)C12CCC(CN)(CC1)CC2.CC(C)(C)C12CCC(CN)(CC1)CC2.CC(C)(C)CC12CCC(CN)(CC1)CC2.CC(C)(C)CC12CCC(CN)(CC1)CC2.CC(C)(C)Cc1ccc(C(=N)N)cc1.CC(C)(C)Cc1ccc(CN)cc1.CC(C)(C)c1ccc(CN)cc1. The highest BCUT2D eigenvalue weighted by molar-refractivity contribution is 5.96. The van der Waals surface area contributed by atoms with E-state index in [4.69, 9.17) is 62.4 Å². The lowest BCUT2D eigenvalue weighted by molar-refractivity contribution is -0.0727. The first kappa shape index (κ1) is 126. The molecule has 0 aromatic heterocycles. The molecule has 0 atom stereocenters. The second-order valence-electron chi connectivity index (χ2n) is 56.7. The highest BCUT2D eigenvalue weighted by Crippen LogP contribution is 2.66. The number of hydrogen-bond donors (Lipinski definition) is 11. The van der Waals surface area contributed by atoms with Crippen LogP contribution < -0.4 is 51.6 Å². The molecule has 0 heterocycles. The number of hydrogen-bond acceptors (Lipinski definition) is 10. The van der Waals surface area contributed by atoms with E-state index in [1.54, 1.807) is 0 Å². The van der Waals surface area contributed by atoms with Crippen molar-refractivity contribution in [2.45, 2.75) is 450 Å². The largest absolute Gasteiger partial charge is 0.402 e. The van der Waals surface area contributed by atoms with Gasteiger partial charge in [0.25, 0.3) is 0 Å². The molecule has 790 valence electrons. The first-order chi connectivity index (χ1) is 63.7. The van der Waals surface area contributed by atoms with Crippen LogP contribution in [0.5, 0.6) is 0 Å². The third-order valence-corrected chi connectivity index (χ3v) is 33.3. The van der Waals surface area contributed by atoms with E-state index in [9.17, 15) is 0 Å². The van der Waals surface area contributed by atoms with Crippen molar-refractivity contribution in [2.75, 3.05) is 26.2 Å². The molecular formula is C129H219N11. The maximum atomic E-state index is 7.46. The quantitative estimate of drug-likeness (QED) is 0.0305. The lowest BCUT2D eigenvalue weighted by Crippen LogP contribution is -2.50. The molecule has 6 aromatic rings. The summed E-state index contributed by atoms with van der Waals surface area (Å²) >= 11 is 0. The van der Waals surface area contributed by atoms with Gasteiger partial charge in [0.1, 0.15) is 5.84 Å². The number of amidine groups is 1. The molecule has 0 radical (unpaired) electrons. The number of nitrogens with two attached hydrogens (primary N) is 9. The second kappa shape index (κ2) is 51.6. The predicted octanol–water partition coefficient (Wildman–Crippen LogP) is 32.1. The molecule has 0 spiro atoms. The summed E-state index contributed by atoms with van der Waals surface area (Å²) in [5.41, 5.74) is 76.6. The Kier molecular flexibility index (Phi) is 46.3. The van der Waals surface area contributed by atoms with Gasteiger partial charge in [0.2, 0.25) is 0 Å². The van der Waals surface area contributed by atoms with E-state index in [1.165, 1.54) is 223 Å². The molecule has 11 nitrogen and oxygen atoms in total. The minimum absolute atomic E-state index is 0. The van der Waals surface area contributed by atoms with Crippen molar-refractivity contribution in [3.05, 3.63) is 237 Å². The van der Waals surface area contributed by atoms with E-state index < -0.39 is 0 Å². The fourth-order valence-corrected chi connectivity index (χ4v) is 23.7. The Morgan fingerprint density at radius 2 is 0.443 bits per heavy atom. The highest BCUT2D eigenvalue weighted by atomic mass is 14.7. The molecule has 0 amide bonds. The van der Waals surface area contributed by atoms with Gasteiger partial charge in [0.15, 0.2) is 0 Å². The van der Waals surface area contributed by atoms with E-state index in [1.807, 2.05) is 43.3 Å². The normalized spacial score (nSPS) is 23.9. The number of fused-ring (bicyclic) bond motifs is 12. The molecule has 20 N–H and O–H groups in total. The Labute approximate surface area is 863 Å². The summed E-state index contributed by atoms with van der Waals surface area (Å²) in [6.07, 6.45) is 41.6. The van der Waals surface area contributed by atoms with Crippen LogP contribution in [-0.4, -0.2) is 37.7 Å². The number of allylic oxidation sites excluding steroid dienone is 2. The Bertz CT molecular complexity index is 4460. The zero-order chi connectivity index (χ0) is 105. The maximum Gasteiger partial charge on any atom is 0.122 e. The standard InChI is InChI=1S/2C14H27N.C14H21N.2C13H25N.C13H19N.C12H18N2.C12H17N.C12H19N.C11H17N.CH4/c2*1-12(2,3)10-13-4-7-14(11-15,8-5-13)9-6-13;1-11(15)9-12-5-7-13(8-6-12)10-14(2,3)4;2*1-11(2,3)13-7-4-12(10-14,5-8-13)6-9-13;1-10(14)9-11-5-7-12(8-6-11)13(2,3)4;1-12(2,3)8-9-4-6-10(7-5-9)11(13)14;1-9(13)10-5-7-11(8-6-10)12(2,3)4;1-12(2,3)8-10-4-6-11(9-13)7-5-10;1-11(2,3)10-6-4-9(8-12)5-7-10;/h2*4-11,15H2,1-3H3;5-8H,1,9-10,15H2,2-4H3;2*4-10,14H2,1-3H3;5-8H,1,9,14H2,2-4H3;4-7H,8H2,1-3H3,(H3,13,14);5-8,13H,1-4H3;4-7H,8-9,13H2,1-3H3;4-7H,8,12H2,1-3H3;1H4. The van der Waals surface area contributed by atoms with Gasteiger partial charge in [0.05, 0.1) is 0 Å². The summed E-state index contributed by atoms with van der Waals surface area (Å²) in [4.78, 5) is 0. The fourth-order valence-electron chi connectivity index (χ4n) is 23.7. The van der Waals surface area contributed by atoms with Gasteiger partial charge in [-0.15, -0.1) is 0 Å². The molecule has 11 heteroatoms. The van der Waals surface area contributed by atoms with Crippen molar-refractivity contribution < 1.29 is 0 Å². The summed E-state index contributed by atoms with van der Waals surface area (Å²) in [7, 11) is 0. The number of rotatable bonds is 17. The van der Waals surface area contributed by atoms with Crippen LogP contribution in [0.2, 0.25) is 0 Å². The maximum absolute atomic E-state index is 7.46. The van der Waals surface area contributed by atoms with Crippen molar-refractivity contribution >= 4 is 11.5 Å². The molecule has 12 aliphatic carbocycles. The van der Waals surface area contributed by atoms with Gasteiger partial charge < -0.3 is 57.0 Å². The summed E-state index contributed by atoms with van der Waals surface area (Å²) in [6, 6.07) is 50.4. The Hall–Kier alpha value is -6.70.